The van der Waals surface area contributed by atoms with E-state index in [-0.39, 0.29) is 27.8 Å². The highest BCUT2D eigenvalue weighted by molar-refractivity contribution is 6.09. The number of carbonyl (C=O) groups excluding carboxylic acids is 2. The number of ketones is 1. The average molecular weight is 464 g/mol. The lowest BCUT2D eigenvalue weighted by Gasteiger charge is -2.21. The van der Waals surface area contributed by atoms with Crippen LogP contribution in [0.1, 0.15) is 26.3 Å². The minimum absolute atomic E-state index is 0.00278. The third-order valence-corrected chi connectivity index (χ3v) is 4.82. The van der Waals surface area contributed by atoms with Crippen molar-refractivity contribution in [1.82, 2.24) is 0 Å². The van der Waals surface area contributed by atoms with Crippen molar-refractivity contribution in [3.05, 3.63) is 88.6 Å². The van der Waals surface area contributed by atoms with Gasteiger partial charge in [-0.3, -0.25) is 10.0 Å². The molecule has 0 saturated heterocycles. The molecular formula is C25H22NO8-. The molecule has 0 radical (unpaired) electrons. The standard InChI is InChI=1S/C25H22NO8/c1-31-19-10-11-20(21(27)12-4-16-5-13-22(32-2)24(14-16)33-3)23(15-19)34-25(28)17-6-8-18(9-7-17)26(29)30/h4-15,29H,1-3H3/q-1. The van der Waals surface area contributed by atoms with Crippen molar-refractivity contribution in [2.24, 2.45) is 0 Å². The van der Waals surface area contributed by atoms with Crippen molar-refractivity contribution in [2.75, 3.05) is 26.6 Å². The monoisotopic (exact) mass is 464 g/mol. The summed E-state index contributed by atoms with van der Waals surface area (Å²) in [7, 11) is 4.49. The van der Waals surface area contributed by atoms with E-state index in [1.807, 2.05) is 0 Å². The third-order valence-electron chi connectivity index (χ3n) is 4.82. The van der Waals surface area contributed by atoms with Gasteiger partial charge < -0.3 is 29.4 Å². The van der Waals surface area contributed by atoms with Crippen LogP contribution in [-0.4, -0.2) is 38.3 Å². The zero-order chi connectivity index (χ0) is 24.7. The Hall–Kier alpha value is -4.34. The van der Waals surface area contributed by atoms with Crippen LogP contribution in [0.15, 0.2) is 66.7 Å². The van der Waals surface area contributed by atoms with Gasteiger partial charge in [0.25, 0.3) is 0 Å². The van der Waals surface area contributed by atoms with Crippen LogP contribution >= 0.6 is 0 Å². The predicted molar refractivity (Wildman–Crippen MR) is 125 cm³/mol. The first-order valence-corrected chi connectivity index (χ1v) is 9.97. The maximum atomic E-state index is 12.9. The Morgan fingerprint density at radius 2 is 1.56 bits per heavy atom. The molecule has 34 heavy (non-hydrogen) atoms. The van der Waals surface area contributed by atoms with E-state index in [9.17, 15) is 14.8 Å². The largest absolute Gasteiger partial charge is 0.733 e. The first-order valence-electron chi connectivity index (χ1n) is 9.97. The van der Waals surface area contributed by atoms with Crippen molar-refractivity contribution in [1.29, 1.82) is 0 Å². The summed E-state index contributed by atoms with van der Waals surface area (Å²) in [5.74, 6) is 0.309. The fourth-order valence-electron chi connectivity index (χ4n) is 3.02. The van der Waals surface area contributed by atoms with Crippen molar-refractivity contribution in [2.45, 2.75) is 0 Å². The molecule has 9 nitrogen and oxygen atoms in total. The maximum Gasteiger partial charge on any atom is 0.343 e. The zero-order valence-corrected chi connectivity index (χ0v) is 18.7. The molecule has 0 saturated carbocycles. The van der Waals surface area contributed by atoms with E-state index in [1.54, 1.807) is 30.3 Å². The molecule has 3 aromatic rings. The van der Waals surface area contributed by atoms with E-state index in [0.717, 1.165) is 0 Å². The Kier molecular flexibility index (Phi) is 7.86. The zero-order valence-electron chi connectivity index (χ0n) is 18.7. The number of carbonyl (C=O) groups is 2. The van der Waals surface area contributed by atoms with Crippen molar-refractivity contribution < 1.29 is 33.7 Å². The Balaban J connectivity index is 1.85. The van der Waals surface area contributed by atoms with Crippen LogP contribution in [0.2, 0.25) is 0 Å². The Bertz CT molecular complexity index is 1200. The smallest absolute Gasteiger partial charge is 0.343 e. The van der Waals surface area contributed by atoms with Gasteiger partial charge in [0.05, 0.1) is 38.1 Å². The van der Waals surface area contributed by atoms with Gasteiger partial charge in [-0.05, 0) is 60.2 Å². The van der Waals surface area contributed by atoms with Gasteiger partial charge >= 0.3 is 5.97 Å². The number of nitrogens with zero attached hydrogens (tertiary/aromatic N) is 1. The second-order valence-electron chi connectivity index (χ2n) is 6.88. The number of allylic oxidation sites excluding steroid dienone is 1. The lowest BCUT2D eigenvalue weighted by molar-refractivity contribution is 0.0732. The summed E-state index contributed by atoms with van der Waals surface area (Å²) in [6, 6.07) is 14.8. The molecule has 3 rings (SSSR count). The van der Waals surface area contributed by atoms with Crippen molar-refractivity contribution >= 4 is 23.5 Å². The molecule has 0 spiro atoms. The molecule has 0 fully saturated rings. The fourth-order valence-corrected chi connectivity index (χ4v) is 3.02. The molecule has 0 aliphatic heterocycles. The van der Waals surface area contributed by atoms with Crippen LogP contribution in [-0.2, 0) is 0 Å². The number of hydrogen-bond acceptors (Lipinski definition) is 9. The summed E-state index contributed by atoms with van der Waals surface area (Å²) < 4.78 is 21.1. The van der Waals surface area contributed by atoms with Gasteiger partial charge in [-0.1, -0.05) is 12.1 Å². The second kappa shape index (κ2) is 11.0. The third kappa shape index (κ3) is 5.71. The van der Waals surface area contributed by atoms with Gasteiger partial charge in [-0.25, -0.2) is 4.79 Å². The Labute approximate surface area is 195 Å². The highest BCUT2D eigenvalue weighted by Crippen LogP contribution is 2.29. The average Bonchev–Trinajstić information content (AvgIpc) is 2.86. The van der Waals surface area contributed by atoms with Gasteiger partial charge in [0.2, 0.25) is 0 Å². The number of benzene rings is 3. The van der Waals surface area contributed by atoms with Gasteiger partial charge in [-0.2, -0.15) is 0 Å². The van der Waals surface area contributed by atoms with Crippen LogP contribution in [0.5, 0.6) is 23.0 Å². The van der Waals surface area contributed by atoms with E-state index in [0.29, 0.717) is 22.8 Å². The normalized spacial score (nSPS) is 10.6. The van der Waals surface area contributed by atoms with Gasteiger partial charge in [0, 0.05) is 6.07 Å². The lowest BCUT2D eigenvalue weighted by atomic mass is 10.1. The van der Waals surface area contributed by atoms with Crippen LogP contribution in [0, 0.1) is 5.21 Å². The Morgan fingerprint density at radius 3 is 2.18 bits per heavy atom. The summed E-state index contributed by atoms with van der Waals surface area (Å²) in [5, 5.41) is 19.5. The van der Waals surface area contributed by atoms with Crippen LogP contribution in [0.4, 0.5) is 5.69 Å². The minimum Gasteiger partial charge on any atom is -0.733 e. The van der Waals surface area contributed by atoms with Crippen LogP contribution in [0.3, 0.4) is 0 Å². The lowest BCUT2D eigenvalue weighted by Crippen LogP contribution is -2.12. The van der Waals surface area contributed by atoms with Crippen molar-refractivity contribution in [3.8, 4) is 23.0 Å². The summed E-state index contributed by atoms with van der Waals surface area (Å²) in [5.41, 5.74) is 0.917. The first-order chi connectivity index (χ1) is 16.4. The molecule has 0 aromatic heterocycles. The quantitative estimate of drug-likeness (QED) is 0.160. The molecule has 0 unspecified atom stereocenters. The van der Waals surface area contributed by atoms with Crippen molar-refractivity contribution in [3.63, 3.8) is 0 Å². The first kappa shape index (κ1) is 24.3. The highest BCUT2D eigenvalue weighted by atomic mass is 16.8. The topological polar surface area (TPSA) is 118 Å². The molecule has 9 heteroatoms. The molecule has 0 heterocycles. The molecule has 0 amide bonds. The van der Waals surface area contributed by atoms with E-state index < -0.39 is 11.8 Å². The number of ether oxygens (including phenoxy) is 4. The number of methoxy groups -OCH3 is 3. The molecule has 0 atom stereocenters. The maximum absolute atomic E-state index is 12.9. The van der Waals surface area contributed by atoms with Gasteiger partial charge in [0.15, 0.2) is 17.3 Å². The molecule has 3 aromatic carbocycles. The van der Waals surface area contributed by atoms with Gasteiger partial charge in [-0.15, -0.1) is 0 Å². The summed E-state index contributed by atoms with van der Waals surface area (Å²) >= 11 is 0. The molecule has 0 bridgehead atoms. The number of anilines is 1. The van der Waals surface area contributed by atoms with Crippen LogP contribution < -0.4 is 24.2 Å². The van der Waals surface area contributed by atoms with E-state index in [4.69, 9.17) is 24.2 Å². The summed E-state index contributed by atoms with van der Waals surface area (Å²) in [6.45, 7) is 0. The number of rotatable bonds is 9. The van der Waals surface area contributed by atoms with E-state index in [1.165, 1.54) is 63.8 Å². The number of esters is 1. The molecule has 176 valence electrons. The molecule has 1 N–H and O–H groups in total. The van der Waals surface area contributed by atoms with E-state index >= 15 is 0 Å². The van der Waals surface area contributed by atoms with Crippen LogP contribution in [0.25, 0.3) is 6.08 Å². The van der Waals surface area contributed by atoms with Gasteiger partial charge in [0.1, 0.15) is 11.5 Å². The fraction of sp³-hybridized carbons (Fsp3) is 0.120. The molecular weight excluding hydrogens is 442 g/mol. The SMILES string of the molecule is COc1ccc(C(=O)C=Cc2ccc(OC)c(OC)c2)c(OC(=O)c2ccc(N([O-])O)cc2)c1. The van der Waals surface area contributed by atoms with E-state index in [2.05, 4.69) is 0 Å². The molecule has 0 aliphatic carbocycles. The minimum atomic E-state index is -0.756. The highest BCUT2D eigenvalue weighted by Gasteiger charge is 2.17. The summed E-state index contributed by atoms with van der Waals surface area (Å²) in [6.07, 6.45) is 2.95. The summed E-state index contributed by atoms with van der Waals surface area (Å²) in [4.78, 5) is 25.5. The molecule has 0 aliphatic rings. The number of hydrogen-bond donors (Lipinski definition) is 1. The second-order valence-corrected chi connectivity index (χ2v) is 6.88. The Morgan fingerprint density at radius 1 is 0.853 bits per heavy atom. The predicted octanol–water partition coefficient (Wildman–Crippen LogP) is 4.52.